The van der Waals surface area contributed by atoms with Crippen molar-refractivity contribution in [3.63, 3.8) is 0 Å². The van der Waals surface area contributed by atoms with Gasteiger partial charge in [-0.25, -0.2) is 15.0 Å². The first kappa shape index (κ1) is 27.0. The van der Waals surface area contributed by atoms with Gasteiger partial charge in [0.1, 0.15) is 11.5 Å². The quantitative estimate of drug-likeness (QED) is 0.231. The number of nitrogens with one attached hydrogen (secondary N) is 2. The normalized spacial score (nSPS) is 14.5. The number of rotatable bonds is 9. The molecule has 0 fully saturated rings. The summed E-state index contributed by atoms with van der Waals surface area (Å²) in [6.45, 7) is 6.27. The molecule has 1 amide bonds. The molecule has 212 valence electrons. The minimum absolute atomic E-state index is 0.0846. The summed E-state index contributed by atoms with van der Waals surface area (Å²) in [5.74, 6) is 1.15. The molecule has 4 aromatic heterocycles. The molecular weight excluding hydrogens is 534 g/mol. The maximum absolute atomic E-state index is 12.8. The molecule has 0 spiro atoms. The highest BCUT2D eigenvalue weighted by molar-refractivity contribution is 5.99. The second kappa shape index (κ2) is 11.0. The van der Waals surface area contributed by atoms with E-state index >= 15 is 0 Å². The average Bonchev–Trinajstić information content (AvgIpc) is 3.57. The second-order valence-electron chi connectivity index (χ2n) is 10.2. The van der Waals surface area contributed by atoms with Gasteiger partial charge < -0.3 is 25.1 Å². The molecule has 5 heterocycles. The lowest BCUT2D eigenvalue weighted by Crippen LogP contribution is -2.39. The van der Waals surface area contributed by atoms with E-state index in [0.29, 0.717) is 46.5 Å². The molecule has 12 nitrogen and oxygen atoms in total. The lowest BCUT2D eigenvalue weighted by molar-refractivity contribution is 0.0631. The molecule has 0 saturated carbocycles. The third-order valence-corrected chi connectivity index (χ3v) is 7.23. The number of hydrogen-bond acceptors (Lipinski definition) is 11. The van der Waals surface area contributed by atoms with E-state index in [-0.39, 0.29) is 24.3 Å². The zero-order chi connectivity index (χ0) is 29.3. The van der Waals surface area contributed by atoms with Crippen molar-refractivity contribution < 1.29 is 14.3 Å². The predicted octanol–water partition coefficient (Wildman–Crippen LogP) is 4.58. The highest BCUT2D eigenvalue weighted by Crippen LogP contribution is 2.38. The maximum Gasteiger partial charge on any atom is 0.266 e. The Hall–Kier alpha value is -5.23. The van der Waals surface area contributed by atoms with Gasteiger partial charge in [-0.1, -0.05) is 36.4 Å². The molecule has 0 unspecified atom stereocenters. The number of aliphatic hydroxyl groups is 1. The largest absolute Gasteiger partial charge is 0.414 e. The number of nitrogens with zero attached hydrogens (tertiary/aromatic N) is 7. The van der Waals surface area contributed by atoms with Crippen molar-refractivity contribution >= 4 is 23.4 Å². The van der Waals surface area contributed by atoms with Gasteiger partial charge >= 0.3 is 0 Å². The number of amides is 1. The van der Waals surface area contributed by atoms with Crippen LogP contribution >= 0.6 is 0 Å². The molecule has 0 aliphatic carbocycles. The summed E-state index contributed by atoms with van der Waals surface area (Å²) in [4.78, 5) is 32.5. The minimum Gasteiger partial charge on any atom is -0.414 e. The van der Waals surface area contributed by atoms with E-state index in [4.69, 9.17) is 4.42 Å². The van der Waals surface area contributed by atoms with Crippen molar-refractivity contribution in [1.82, 2.24) is 35.0 Å². The molecule has 3 N–H and O–H groups in total. The van der Waals surface area contributed by atoms with Crippen LogP contribution in [0.25, 0.3) is 23.0 Å². The Labute approximate surface area is 241 Å². The van der Waals surface area contributed by atoms with Gasteiger partial charge in [0.2, 0.25) is 5.95 Å². The van der Waals surface area contributed by atoms with Gasteiger partial charge in [-0.2, -0.15) is 0 Å². The zero-order valence-corrected chi connectivity index (χ0v) is 23.3. The predicted molar refractivity (Wildman–Crippen MR) is 156 cm³/mol. The van der Waals surface area contributed by atoms with Crippen molar-refractivity contribution in [3.8, 4) is 23.0 Å². The molecule has 6 rings (SSSR count). The molecular formula is C30H29N9O3. The number of anilines is 3. The first-order chi connectivity index (χ1) is 20.4. The van der Waals surface area contributed by atoms with Gasteiger partial charge in [0.05, 0.1) is 40.7 Å². The highest BCUT2D eigenvalue weighted by Gasteiger charge is 2.44. The summed E-state index contributed by atoms with van der Waals surface area (Å²) in [5, 5.41) is 25.2. The van der Waals surface area contributed by atoms with Crippen LogP contribution in [0.5, 0.6) is 0 Å². The summed E-state index contributed by atoms with van der Waals surface area (Å²) in [6, 6.07) is 16.4. The number of aromatic nitrogens is 6. The Balaban J connectivity index is 1.36. The smallest absolute Gasteiger partial charge is 0.266 e. The highest BCUT2D eigenvalue weighted by atomic mass is 16.4. The van der Waals surface area contributed by atoms with Crippen LogP contribution in [0.2, 0.25) is 0 Å². The van der Waals surface area contributed by atoms with Crippen molar-refractivity contribution in [3.05, 3.63) is 90.0 Å². The van der Waals surface area contributed by atoms with Crippen molar-refractivity contribution in [1.29, 1.82) is 0 Å². The summed E-state index contributed by atoms with van der Waals surface area (Å²) >= 11 is 0. The number of pyridine rings is 2. The third kappa shape index (κ3) is 4.92. The molecule has 12 heteroatoms. The third-order valence-electron chi connectivity index (χ3n) is 7.23. The first-order valence-corrected chi connectivity index (χ1v) is 13.5. The number of carbonyl (C=O) groups excluding carboxylic acids is 1. The Kier molecular flexibility index (Phi) is 7.05. The summed E-state index contributed by atoms with van der Waals surface area (Å²) in [5.41, 5.74) is 3.13. The zero-order valence-electron chi connectivity index (χ0n) is 23.3. The van der Waals surface area contributed by atoms with Gasteiger partial charge in [-0.3, -0.25) is 9.78 Å². The van der Waals surface area contributed by atoms with E-state index in [1.165, 1.54) is 0 Å². The fraction of sp³-hybridized carbons (Fsp3) is 0.233. The van der Waals surface area contributed by atoms with E-state index in [0.717, 1.165) is 5.56 Å². The van der Waals surface area contributed by atoms with Crippen LogP contribution < -0.4 is 10.6 Å². The number of fused-ring (bicyclic) bond motifs is 1. The second-order valence-corrected chi connectivity index (χ2v) is 10.2. The van der Waals surface area contributed by atoms with Gasteiger partial charge in [0, 0.05) is 31.2 Å². The average molecular weight is 564 g/mol. The molecule has 42 heavy (non-hydrogen) atoms. The fourth-order valence-electron chi connectivity index (χ4n) is 5.09. The number of aliphatic hydroxyl groups excluding tert-OH is 1. The molecule has 5 aromatic rings. The Morgan fingerprint density at radius 1 is 0.976 bits per heavy atom. The van der Waals surface area contributed by atoms with Gasteiger partial charge in [0.25, 0.3) is 17.7 Å². The van der Waals surface area contributed by atoms with E-state index in [2.05, 4.69) is 40.8 Å². The van der Waals surface area contributed by atoms with Gasteiger partial charge in [-0.15, -0.1) is 10.2 Å². The molecule has 1 aromatic carbocycles. The Morgan fingerprint density at radius 3 is 2.48 bits per heavy atom. The molecule has 1 aliphatic rings. The maximum atomic E-state index is 12.8. The number of benzene rings is 1. The van der Waals surface area contributed by atoms with Gasteiger partial charge in [0.15, 0.2) is 0 Å². The Bertz CT molecular complexity index is 1730. The van der Waals surface area contributed by atoms with Crippen molar-refractivity contribution in [2.45, 2.75) is 32.4 Å². The Morgan fingerprint density at radius 2 is 1.74 bits per heavy atom. The monoisotopic (exact) mass is 563 g/mol. The summed E-state index contributed by atoms with van der Waals surface area (Å²) < 4.78 is 5.97. The first-order valence-electron chi connectivity index (χ1n) is 13.5. The minimum atomic E-state index is -0.572. The van der Waals surface area contributed by atoms with Crippen LogP contribution in [0.3, 0.4) is 0 Å². The van der Waals surface area contributed by atoms with Crippen LogP contribution in [-0.2, 0) is 5.54 Å². The number of hydrogen-bond donors (Lipinski definition) is 3. The van der Waals surface area contributed by atoms with Crippen LogP contribution in [-0.4, -0.2) is 59.2 Å². The van der Waals surface area contributed by atoms with Crippen LogP contribution in [0, 0.1) is 0 Å². The molecule has 1 atom stereocenters. The summed E-state index contributed by atoms with van der Waals surface area (Å²) in [6.07, 6.45) is 4.80. The molecule has 0 radical (unpaired) electrons. The van der Waals surface area contributed by atoms with Crippen LogP contribution in [0.15, 0.2) is 77.6 Å². The van der Waals surface area contributed by atoms with Gasteiger partial charge in [-0.05, 0) is 38.5 Å². The molecule has 0 bridgehead atoms. The lowest BCUT2D eigenvalue weighted by atomic mass is 10.0. The standard InChI is InChI=1S/C30H29N9O3/c1-4-39-28(41)20-16-33-29(36-25(20)30(39,2)3)35-24-14-22(34-23(17-40)18-10-6-5-7-11-18)19(15-32-24)26-37-38-27(42-26)21-12-8-9-13-31-21/h5-16,23,40H,4,17H2,1-3H3,(H2,32,33,34,35,36)/t23-/m1/s1. The van der Waals surface area contributed by atoms with Crippen molar-refractivity contribution in [2.75, 3.05) is 23.8 Å². The van der Waals surface area contributed by atoms with E-state index in [1.54, 1.807) is 41.7 Å². The SMILES string of the molecule is CCN1C(=O)c2cnc(Nc3cc(N[C@H](CO)c4ccccc4)c(-c4nnc(-c5ccccn5)o4)cn3)nc2C1(C)C. The van der Waals surface area contributed by atoms with E-state index in [9.17, 15) is 9.90 Å². The molecule has 0 saturated heterocycles. The van der Waals surface area contributed by atoms with E-state index in [1.807, 2.05) is 57.2 Å². The summed E-state index contributed by atoms with van der Waals surface area (Å²) in [7, 11) is 0. The number of carbonyl (C=O) groups is 1. The van der Waals surface area contributed by atoms with Crippen molar-refractivity contribution in [2.24, 2.45) is 0 Å². The van der Waals surface area contributed by atoms with E-state index < -0.39 is 11.6 Å². The fourth-order valence-corrected chi connectivity index (χ4v) is 5.09. The van der Waals surface area contributed by atoms with Crippen LogP contribution in [0.1, 0.15) is 48.4 Å². The van der Waals surface area contributed by atoms with Crippen LogP contribution in [0.4, 0.5) is 17.5 Å². The topological polar surface area (TPSA) is 155 Å². The molecule has 1 aliphatic heterocycles. The lowest BCUT2D eigenvalue weighted by Gasteiger charge is -2.30.